The number of nitrogens with zero attached hydrogens (tertiary/aromatic N) is 1. The molecule has 33 heavy (non-hydrogen) atoms. The first-order valence-electron chi connectivity index (χ1n) is 11.6. The summed E-state index contributed by atoms with van der Waals surface area (Å²) in [4.78, 5) is 18.3. The van der Waals surface area contributed by atoms with Crippen LogP contribution < -0.4 is 5.32 Å². The first kappa shape index (κ1) is 26.1. The Hall–Kier alpha value is -3.11. The number of hydrogen-bond donors (Lipinski definition) is 1. The molecule has 0 aliphatic carbocycles. The lowest BCUT2D eigenvalue weighted by atomic mass is 9.97. The lowest BCUT2D eigenvalue weighted by Gasteiger charge is -2.17. The number of carbonyl (C=O) groups excluding carboxylic acids is 1. The van der Waals surface area contributed by atoms with Crippen LogP contribution in [0.25, 0.3) is 22.2 Å². The second kappa shape index (κ2) is 14.1. The zero-order valence-electron chi connectivity index (χ0n) is 20.3. The molecule has 3 nitrogen and oxygen atoms in total. The summed E-state index contributed by atoms with van der Waals surface area (Å²) >= 11 is 1.70. The summed E-state index contributed by atoms with van der Waals surface area (Å²) in [6.45, 7) is 8.50. The monoisotopic (exact) mass is 458 g/mol. The number of pyridine rings is 1. The molecule has 172 valence electrons. The maximum Gasteiger partial charge on any atom is 0.252 e. The minimum absolute atomic E-state index is 0.0614. The summed E-state index contributed by atoms with van der Waals surface area (Å²) in [5, 5.41) is 4.00. The zero-order chi connectivity index (χ0) is 24.1. The fourth-order valence-electron chi connectivity index (χ4n) is 3.50. The van der Waals surface area contributed by atoms with Crippen molar-refractivity contribution < 1.29 is 4.79 Å². The van der Waals surface area contributed by atoms with Gasteiger partial charge < -0.3 is 5.32 Å². The van der Waals surface area contributed by atoms with Crippen molar-refractivity contribution in [1.82, 2.24) is 10.3 Å². The van der Waals surface area contributed by atoms with E-state index in [1.165, 1.54) is 0 Å². The van der Waals surface area contributed by atoms with Crippen LogP contribution in [0.1, 0.15) is 49.2 Å². The Bertz CT molecular complexity index is 1130. The Morgan fingerprint density at radius 2 is 1.39 bits per heavy atom. The number of aromatic nitrogens is 1. The van der Waals surface area contributed by atoms with E-state index in [2.05, 4.69) is 11.6 Å². The van der Waals surface area contributed by atoms with E-state index in [1.54, 1.807) is 11.8 Å². The second-order valence-electron chi connectivity index (χ2n) is 6.80. The number of nitrogens with one attached hydrogen (secondary N) is 1. The van der Waals surface area contributed by atoms with Gasteiger partial charge in [0.25, 0.3) is 5.91 Å². The molecular weight excluding hydrogens is 424 g/mol. The molecule has 1 amide bonds. The van der Waals surface area contributed by atoms with Crippen molar-refractivity contribution in [3.8, 4) is 11.3 Å². The summed E-state index contributed by atoms with van der Waals surface area (Å²) in [5.41, 5.74) is 5.52. The molecule has 0 spiro atoms. The quantitative estimate of drug-likeness (QED) is 0.321. The molecule has 1 heterocycles. The fraction of sp³-hybridized carbons (Fsp3) is 0.241. The molecule has 0 saturated carbocycles. The molecule has 4 heteroatoms. The third-order valence-electron chi connectivity index (χ3n) is 4.85. The highest BCUT2D eigenvalue weighted by Gasteiger charge is 2.21. The van der Waals surface area contributed by atoms with Crippen LogP contribution in [-0.2, 0) is 12.3 Å². The van der Waals surface area contributed by atoms with Gasteiger partial charge in [0.15, 0.2) is 0 Å². The van der Waals surface area contributed by atoms with Crippen molar-refractivity contribution in [2.75, 3.05) is 6.26 Å². The zero-order valence-corrected chi connectivity index (χ0v) is 21.1. The van der Waals surface area contributed by atoms with Gasteiger partial charge in [-0.3, -0.25) is 4.79 Å². The highest BCUT2D eigenvalue weighted by Crippen LogP contribution is 2.32. The molecule has 0 saturated heterocycles. The minimum atomic E-state index is -0.0614. The van der Waals surface area contributed by atoms with Crippen molar-refractivity contribution >= 4 is 28.6 Å². The van der Waals surface area contributed by atoms with Crippen molar-refractivity contribution in [1.29, 1.82) is 0 Å². The van der Waals surface area contributed by atoms with Crippen molar-refractivity contribution in [2.45, 2.75) is 40.0 Å². The van der Waals surface area contributed by atoms with Gasteiger partial charge in [-0.2, -0.15) is 11.8 Å². The van der Waals surface area contributed by atoms with Crippen molar-refractivity contribution in [3.05, 3.63) is 102 Å². The van der Waals surface area contributed by atoms with Crippen LogP contribution >= 0.6 is 11.8 Å². The molecule has 1 aromatic heterocycles. The number of rotatable bonds is 6. The highest BCUT2D eigenvalue weighted by molar-refractivity contribution is 7.97. The molecule has 1 N–H and O–H groups in total. The molecule has 3 aromatic carbocycles. The van der Waals surface area contributed by atoms with E-state index >= 15 is 0 Å². The molecule has 0 fully saturated rings. The smallest absolute Gasteiger partial charge is 0.252 e. The number of carbonyl (C=O) groups is 1. The van der Waals surface area contributed by atoms with Gasteiger partial charge in [-0.1, -0.05) is 107 Å². The van der Waals surface area contributed by atoms with Gasteiger partial charge in [0.05, 0.1) is 16.8 Å². The number of benzene rings is 3. The lowest BCUT2D eigenvalue weighted by Crippen LogP contribution is -2.25. The maximum atomic E-state index is 13.4. The molecule has 0 aliphatic rings. The Labute approximate surface area is 202 Å². The number of hydrogen-bond acceptors (Lipinski definition) is 3. The van der Waals surface area contributed by atoms with Crippen LogP contribution in [0.5, 0.6) is 0 Å². The second-order valence-corrected chi connectivity index (χ2v) is 7.66. The van der Waals surface area contributed by atoms with E-state index in [0.717, 1.165) is 44.6 Å². The Morgan fingerprint density at radius 3 is 2.03 bits per heavy atom. The Balaban J connectivity index is 0.000000914. The maximum absolute atomic E-state index is 13.4. The van der Waals surface area contributed by atoms with Gasteiger partial charge in [0.1, 0.15) is 0 Å². The van der Waals surface area contributed by atoms with Gasteiger partial charge in [-0.25, -0.2) is 4.98 Å². The van der Waals surface area contributed by atoms with E-state index in [9.17, 15) is 4.79 Å². The molecular formula is C29H34N2OS. The largest absolute Gasteiger partial charge is 0.348 e. The summed E-state index contributed by atoms with van der Waals surface area (Å²) in [6.07, 6.45) is 2.05. The van der Waals surface area contributed by atoms with Crippen LogP contribution in [-0.4, -0.2) is 17.1 Å². The normalized spacial score (nSPS) is 9.85. The summed E-state index contributed by atoms with van der Waals surface area (Å²) < 4.78 is 0. The third kappa shape index (κ3) is 6.69. The summed E-state index contributed by atoms with van der Waals surface area (Å²) in [6, 6.07) is 28.0. The Kier molecular flexibility index (Phi) is 11.2. The third-order valence-corrected chi connectivity index (χ3v) is 5.43. The molecule has 4 aromatic rings. The average Bonchev–Trinajstić information content (AvgIpc) is 2.90. The SMILES string of the molecule is CC.CC.CSCc1c(-c2ccccc2)nc2ccccc2c1C(=O)NCc1ccccc1. The van der Waals surface area contributed by atoms with E-state index in [0.29, 0.717) is 6.54 Å². The van der Waals surface area contributed by atoms with Gasteiger partial charge >= 0.3 is 0 Å². The van der Waals surface area contributed by atoms with E-state index in [4.69, 9.17) is 4.98 Å². The minimum Gasteiger partial charge on any atom is -0.348 e. The molecule has 0 radical (unpaired) electrons. The summed E-state index contributed by atoms with van der Waals surface area (Å²) in [5.74, 6) is 0.657. The fourth-order valence-corrected chi connectivity index (χ4v) is 4.07. The van der Waals surface area contributed by atoms with Gasteiger partial charge in [-0.15, -0.1) is 0 Å². The predicted octanol–water partition coefficient (Wildman–Crippen LogP) is 7.75. The van der Waals surface area contributed by atoms with Crippen LogP contribution in [0.4, 0.5) is 0 Å². The van der Waals surface area contributed by atoms with Gasteiger partial charge in [-0.05, 0) is 17.9 Å². The lowest BCUT2D eigenvalue weighted by molar-refractivity contribution is 0.0952. The first-order chi connectivity index (χ1) is 16.3. The number of fused-ring (bicyclic) bond motifs is 1. The van der Waals surface area contributed by atoms with Crippen LogP contribution in [0.2, 0.25) is 0 Å². The number of para-hydroxylation sites is 1. The van der Waals surface area contributed by atoms with Crippen molar-refractivity contribution in [2.24, 2.45) is 0 Å². The first-order valence-corrected chi connectivity index (χ1v) is 13.0. The number of amides is 1. The van der Waals surface area contributed by atoms with Crippen LogP contribution in [0.3, 0.4) is 0 Å². The van der Waals surface area contributed by atoms with E-state index in [1.807, 2.05) is 113 Å². The number of thioether (sulfide) groups is 1. The average molecular weight is 459 g/mol. The standard InChI is InChI=1S/C25H22N2OS.2C2H6/c1-29-17-21-23(25(28)26-16-18-10-4-2-5-11-18)20-14-8-9-15-22(20)27-24(21)19-12-6-3-7-13-19;2*1-2/h2-15H,16-17H2,1H3,(H,26,28);2*1-2H3. The Morgan fingerprint density at radius 1 is 0.818 bits per heavy atom. The van der Waals surface area contributed by atoms with Gasteiger partial charge in [0.2, 0.25) is 0 Å². The van der Waals surface area contributed by atoms with Crippen LogP contribution in [0.15, 0.2) is 84.9 Å². The molecule has 4 rings (SSSR count). The molecule has 0 bridgehead atoms. The van der Waals surface area contributed by atoms with Gasteiger partial charge in [0, 0.05) is 28.8 Å². The molecule has 0 aliphatic heterocycles. The molecule has 0 unspecified atom stereocenters. The van der Waals surface area contributed by atoms with Crippen molar-refractivity contribution in [3.63, 3.8) is 0 Å². The van der Waals surface area contributed by atoms with Crippen LogP contribution in [0, 0.1) is 0 Å². The topological polar surface area (TPSA) is 42.0 Å². The molecule has 0 atom stereocenters. The van der Waals surface area contributed by atoms with E-state index < -0.39 is 0 Å². The van der Waals surface area contributed by atoms with E-state index in [-0.39, 0.29) is 5.91 Å². The highest BCUT2D eigenvalue weighted by atomic mass is 32.2. The predicted molar refractivity (Wildman–Crippen MR) is 145 cm³/mol. The summed E-state index contributed by atoms with van der Waals surface area (Å²) in [7, 11) is 0.